The molecule has 0 saturated heterocycles. The van der Waals surface area contributed by atoms with E-state index in [9.17, 15) is 10.1 Å². The molecule has 0 N–H and O–H groups in total. The molecule has 0 bridgehead atoms. The summed E-state index contributed by atoms with van der Waals surface area (Å²) >= 11 is 1.46. The van der Waals surface area contributed by atoms with E-state index >= 15 is 0 Å². The number of hydrogen-bond donors (Lipinski definition) is 0. The number of rotatable bonds is 4. The highest BCUT2D eigenvalue weighted by molar-refractivity contribution is 7.09. The van der Waals surface area contributed by atoms with E-state index in [1.54, 1.807) is 13.1 Å². The fraction of sp³-hybridized carbons (Fsp3) is 0.625. The predicted octanol–water partition coefficient (Wildman–Crippen LogP) is 2.31. The van der Waals surface area contributed by atoms with Gasteiger partial charge in [0.15, 0.2) is 0 Å². The van der Waals surface area contributed by atoms with E-state index in [-0.39, 0.29) is 0 Å². The lowest BCUT2D eigenvalue weighted by atomic mass is 10.3. The van der Waals surface area contributed by atoms with E-state index in [0.717, 1.165) is 5.01 Å². The maximum absolute atomic E-state index is 9.90. The van der Waals surface area contributed by atoms with Crippen molar-refractivity contribution in [2.24, 2.45) is 0 Å². The number of nitrogens with zero attached hydrogens (tertiary/aromatic N) is 2. The van der Waals surface area contributed by atoms with Gasteiger partial charge in [-0.25, -0.2) is 4.98 Å². The summed E-state index contributed by atoms with van der Waals surface area (Å²) in [5.41, 5.74) is 0. The Morgan fingerprint density at radius 1 is 1.71 bits per heavy atom. The van der Waals surface area contributed by atoms with Crippen molar-refractivity contribution in [3.05, 3.63) is 26.7 Å². The second-order valence-corrected chi connectivity index (χ2v) is 3.25. The van der Waals surface area contributed by atoms with Gasteiger partial charge in [0.05, 0.1) is 5.01 Å². The average Bonchev–Trinajstić information content (AvgIpc) is 2.59. The highest BCUT2D eigenvalue weighted by Gasteiger charge is 2.08. The molecule has 0 spiro atoms. The van der Waals surface area contributed by atoms with Crippen molar-refractivity contribution in [2.75, 3.05) is 0 Å². The molecule has 1 aromatic rings. The smallest absolute Gasteiger partial charge is 0.294 e. The molecular formula is C8H14N2O3S. The lowest BCUT2D eigenvalue weighted by Gasteiger charge is -2.05. The summed E-state index contributed by atoms with van der Waals surface area (Å²) in [4.78, 5) is 18.2. The van der Waals surface area contributed by atoms with Crippen LogP contribution in [-0.2, 0) is 11.3 Å². The Bertz CT molecular complexity index is 251. The van der Waals surface area contributed by atoms with E-state index in [0.29, 0.717) is 6.42 Å². The van der Waals surface area contributed by atoms with Gasteiger partial charge in [0.25, 0.3) is 5.09 Å². The van der Waals surface area contributed by atoms with Crippen LogP contribution in [-0.4, -0.2) is 16.2 Å². The topological polar surface area (TPSA) is 65.3 Å². The first kappa shape index (κ1) is 12.8. The highest BCUT2D eigenvalue weighted by Crippen LogP contribution is 2.08. The second-order valence-electron chi connectivity index (χ2n) is 2.27. The summed E-state index contributed by atoms with van der Waals surface area (Å²) in [5, 5.41) is 11.8. The van der Waals surface area contributed by atoms with Gasteiger partial charge in [-0.15, -0.1) is 21.5 Å². The summed E-state index contributed by atoms with van der Waals surface area (Å²) < 4.78 is 0. The fourth-order valence-electron chi connectivity index (χ4n) is 0.784. The Balaban J connectivity index is 0.000000791. The Morgan fingerprint density at radius 3 is 2.79 bits per heavy atom. The average molecular weight is 218 g/mol. The molecule has 1 atom stereocenters. The SMILES string of the molecule is CC.CC(Cc1nccs1)O[N+](=O)[O-]. The van der Waals surface area contributed by atoms with Gasteiger partial charge in [-0.05, 0) is 6.92 Å². The van der Waals surface area contributed by atoms with Crippen LogP contribution in [0.15, 0.2) is 11.6 Å². The molecule has 80 valence electrons. The second kappa shape index (κ2) is 7.25. The Labute approximate surface area is 86.8 Å². The van der Waals surface area contributed by atoms with Gasteiger partial charge >= 0.3 is 0 Å². The lowest BCUT2D eigenvalue weighted by Crippen LogP contribution is -2.15. The van der Waals surface area contributed by atoms with Crippen molar-refractivity contribution in [3.63, 3.8) is 0 Å². The molecule has 0 amide bonds. The Hall–Kier alpha value is -1.17. The van der Waals surface area contributed by atoms with E-state index < -0.39 is 11.2 Å². The summed E-state index contributed by atoms with van der Waals surface area (Å²) in [6, 6.07) is 0. The zero-order valence-electron chi connectivity index (χ0n) is 8.47. The van der Waals surface area contributed by atoms with Crippen LogP contribution in [0, 0.1) is 10.1 Å². The molecule has 0 aromatic carbocycles. The number of aromatic nitrogens is 1. The summed E-state index contributed by atoms with van der Waals surface area (Å²) in [5.74, 6) is 0. The first-order valence-corrected chi connectivity index (χ1v) is 5.26. The molecule has 0 radical (unpaired) electrons. The quantitative estimate of drug-likeness (QED) is 0.574. The highest BCUT2D eigenvalue weighted by atomic mass is 32.1. The Kier molecular flexibility index (Phi) is 6.65. The largest absolute Gasteiger partial charge is 0.310 e. The van der Waals surface area contributed by atoms with Crippen LogP contribution >= 0.6 is 11.3 Å². The van der Waals surface area contributed by atoms with E-state index in [4.69, 9.17) is 0 Å². The predicted molar refractivity (Wildman–Crippen MR) is 54.7 cm³/mol. The van der Waals surface area contributed by atoms with Gasteiger partial charge in [-0.2, -0.15) is 0 Å². The number of hydrogen-bond acceptors (Lipinski definition) is 5. The van der Waals surface area contributed by atoms with Crippen molar-refractivity contribution in [1.82, 2.24) is 4.98 Å². The van der Waals surface area contributed by atoms with Crippen molar-refractivity contribution in [1.29, 1.82) is 0 Å². The van der Waals surface area contributed by atoms with Crippen LogP contribution in [0.4, 0.5) is 0 Å². The third-order valence-electron chi connectivity index (χ3n) is 1.21. The summed E-state index contributed by atoms with van der Waals surface area (Å²) in [7, 11) is 0. The molecule has 0 aliphatic heterocycles. The molecule has 0 aliphatic rings. The zero-order valence-corrected chi connectivity index (χ0v) is 9.28. The van der Waals surface area contributed by atoms with Crippen LogP contribution in [0.25, 0.3) is 0 Å². The van der Waals surface area contributed by atoms with Crippen molar-refractivity contribution < 1.29 is 9.92 Å². The first-order chi connectivity index (χ1) is 6.68. The van der Waals surface area contributed by atoms with Crippen LogP contribution < -0.4 is 0 Å². The van der Waals surface area contributed by atoms with E-state index in [1.807, 2.05) is 19.2 Å². The van der Waals surface area contributed by atoms with E-state index in [2.05, 4.69) is 9.82 Å². The maximum atomic E-state index is 9.90. The lowest BCUT2D eigenvalue weighted by molar-refractivity contribution is -0.767. The standard InChI is InChI=1S/C6H8N2O3S.C2H6/c1-5(11-8(9)10)4-6-7-2-3-12-6;1-2/h2-3,5H,4H2,1H3;1-2H3. The summed E-state index contributed by atoms with van der Waals surface area (Å²) in [6.45, 7) is 5.64. The summed E-state index contributed by atoms with van der Waals surface area (Å²) in [6.07, 6.45) is 1.73. The van der Waals surface area contributed by atoms with Gasteiger partial charge in [0.1, 0.15) is 6.10 Å². The van der Waals surface area contributed by atoms with Gasteiger partial charge in [-0.1, -0.05) is 13.8 Å². The molecule has 1 unspecified atom stereocenters. The maximum Gasteiger partial charge on any atom is 0.294 e. The van der Waals surface area contributed by atoms with Gasteiger partial charge < -0.3 is 4.84 Å². The molecule has 5 nitrogen and oxygen atoms in total. The van der Waals surface area contributed by atoms with E-state index in [1.165, 1.54) is 11.3 Å². The first-order valence-electron chi connectivity index (χ1n) is 4.38. The molecule has 0 fully saturated rings. The minimum absolute atomic E-state index is 0.425. The van der Waals surface area contributed by atoms with Crippen molar-refractivity contribution in [2.45, 2.75) is 33.3 Å². The van der Waals surface area contributed by atoms with Gasteiger partial charge in [0.2, 0.25) is 0 Å². The van der Waals surface area contributed by atoms with Crippen LogP contribution in [0.3, 0.4) is 0 Å². The van der Waals surface area contributed by atoms with Crippen LogP contribution in [0.1, 0.15) is 25.8 Å². The van der Waals surface area contributed by atoms with Crippen LogP contribution in [0.2, 0.25) is 0 Å². The third kappa shape index (κ3) is 5.47. The molecular weight excluding hydrogens is 204 g/mol. The Morgan fingerprint density at radius 2 is 2.36 bits per heavy atom. The number of thiazole rings is 1. The van der Waals surface area contributed by atoms with Gasteiger partial charge in [0, 0.05) is 18.0 Å². The van der Waals surface area contributed by atoms with Crippen molar-refractivity contribution >= 4 is 11.3 Å². The van der Waals surface area contributed by atoms with Crippen molar-refractivity contribution in [3.8, 4) is 0 Å². The molecule has 14 heavy (non-hydrogen) atoms. The minimum atomic E-state index is -0.779. The molecule has 1 aromatic heterocycles. The molecule has 0 saturated carbocycles. The monoisotopic (exact) mass is 218 g/mol. The molecule has 0 aliphatic carbocycles. The molecule has 1 rings (SSSR count). The molecule has 1 heterocycles. The molecule has 6 heteroatoms. The van der Waals surface area contributed by atoms with Gasteiger partial charge in [-0.3, -0.25) is 0 Å². The zero-order chi connectivity index (χ0) is 11.0. The minimum Gasteiger partial charge on any atom is -0.310 e. The third-order valence-corrected chi connectivity index (χ3v) is 2.01. The normalized spacial score (nSPS) is 11.1. The fourth-order valence-corrected chi connectivity index (χ4v) is 1.52. The van der Waals surface area contributed by atoms with Crippen LogP contribution in [0.5, 0.6) is 0 Å².